The molecule has 0 saturated carbocycles. The van der Waals surface area contributed by atoms with Gasteiger partial charge in [-0.15, -0.1) is 0 Å². The van der Waals surface area contributed by atoms with Gasteiger partial charge in [0.2, 0.25) is 0 Å². The molecule has 0 aromatic heterocycles. The molecule has 116 valence electrons. The summed E-state index contributed by atoms with van der Waals surface area (Å²) in [6, 6.07) is 13.9. The molecule has 1 N–H and O–H groups in total. The Bertz CT molecular complexity index is 608. The summed E-state index contributed by atoms with van der Waals surface area (Å²) < 4.78 is 11.1. The van der Waals surface area contributed by atoms with Crippen LogP contribution in [-0.4, -0.2) is 17.2 Å². The van der Waals surface area contributed by atoms with Gasteiger partial charge in [-0.05, 0) is 55.0 Å². The number of carboxylic acid groups (broad SMARTS) is 1. The van der Waals surface area contributed by atoms with Gasteiger partial charge in [-0.25, -0.2) is 4.79 Å². The molecule has 0 radical (unpaired) electrons. The Kier molecular flexibility index (Phi) is 5.67. The van der Waals surface area contributed by atoms with Crippen molar-refractivity contribution in [3.05, 3.63) is 53.6 Å². The first kappa shape index (κ1) is 16.2. The number of hydrogen-bond donors (Lipinski definition) is 1. The Morgan fingerprint density at radius 1 is 1.05 bits per heavy atom. The Balaban J connectivity index is 2.00. The van der Waals surface area contributed by atoms with Gasteiger partial charge in [0.05, 0.1) is 0 Å². The molecule has 5 heteroatoms. The Morgan fingerprint density at radius 3 is 2.05 bits per heavy atom. The van der Waals surface area contributed by atoms with Crippen LogP contribution >= 0.6 is 11.6 Å². The molecule has 0 aliphatic rings. The first-order chi connectivity index (χ1) is 10.6. The van der Waals surface area contributed by atoms with Crippen molar-refractivity contribution >= 4 is 17.6 Å². The first-order valence-electron chi connectivity index (χ1n) is 7.01. The summed E-state index contributed by atoms with van der Waals surface area (Å²) >= 11 is 5.82. The molecule has 0 heterocycles. The minimum Gasteiger partial charge on any atom is -0.479 e. The second-order valence-corrected chi connectivity index (χ2v) is 5.20. The van der Waals surface area contributed by atoms with Crippen LogP contribution in [-0.2, 0) is 4.79 Å². The molecule has 0 amide bonds. The van der Waals surface area contributed by atoms with E-state index in [0.717, 1.165) is 6.42 Å². The van der Waals surface area contributed by atoms with Crippen molar-refractivity contribution in [3.8, 4) is 17.2 Å². The molecule has 1 unspecified atom stereocenters. The van der Waals surface area contributed by atoms with E-state index < -0.39 is 12.1 Å². The van der Waals surface area contributed by atoms with Crippen molar-refractivity contribution < 1.29 is 19.4 Å². The summed E-state index contributed by atoms with van der Waals surface area (Å²) in [5, 5.41) is 9.72. The lowest BCUT2D eigenvalue weighted by Crippen LogP contribution is -2.26. The number of carbonyl (C=O) groups is 1. The topological polar surface area (TPSA) is 55.8 Å². The van der Waals surface area contributed by atoms with Crippen LogP contribution in [0, 0.1) is 0 Å². The highest BCUT2D eigenvalue weighted by atomic mass is 35.5. The fourth-order valence-electron chi connectivity index (χ4n) is 1.88. The zero-order valence-corrected chi connectivity index (χ0v) is 12.9. The van der Waals surface area contributed by atoms with Crippen molar-refractivity contribution in [1.82, 2.24) is 0 Å². The van der Waals surface area contributed by atoms with Crippen molar-refractivity contribution in [2.24, 2.45) is 0 Å². The van der Waals surface area contributed by atoms with Gasteiger partial charge in [0.15, 0.2) is 6.10 Å². The van der Waals surface area contributed by atoms with Crippen LogP contribution in [0.25, 0.3) is 0 Å². The van der Waals surface area contributed by atoms with Crippen molar-refractivity contribution in [3.63, 3.8) is 0 Å². The lowest BCUT2D eigenvalue weighted by atomic mass is 10.2. The number of benzene rings is 2. The summed E-state index contributed by atoms with van der Waals surface area (Å²) in [5.74, 6) is 0.858. The monoisotopic (exact) mass is 320 g/mol. The molecular formula is C17H17ClO4. The number of aliphatic carboxylic acids is 1. The van der Waals surface area contributed by atoms with Crippen LogP contribution in [0.5, 0.6) is 17.2 Å². The molecule has 0 fully saturated rings. The van der Waals surface area contributed by atoms with E-state index in [1.807, 2.05) is 6.92 Å². The molecule has 0 aliphatic carbocycles. The third-order valence-corrected chi connectivity index (χ3v) is 3.23. The standard InChI is InChI=1S/C17H17ClO4/c1-2-3-16(17(19)20)22-15-10-8-14(9-11-15)21-13-6-4-12(18)5-7-13/h4-11,16H,2-3H2,1H3,(H,19,20). The van der Waals surface area contributed by atoms with Crippen molar-refractivity contribution in [1.29, 1.82) is 0 Å². The number of hydrogen-bond acceptors (Lipinski definition) is 3. The predicted octanol–water partition coefficient (Wildman–Crippen LogP) is 4.76. The second-order valence-electron chi connectivity index (χ2n) is 4.76. The zero-order chi connectivity index (χ0) is 15.9. The Labute approximate surface area is 134 Å². The fourth-order valence-corrected chi connectivity index (χ4v) is 2.01. The maximum atomic E-state index is 11.1. The molecule has 2 aromatic carbocycles. The maximum absolute atomic E-state index is 11.1. The molecule has 0 bridgehead atoms. The molecule has 2 rings (SSSR count). The average Bonchev–Trinajstić information content (AvgIpc) is 2.51. The average molecular weight is 321 g/mol. The SMILES string of the molecule is CCCC(Oc1ccc(Oc2ccc(Cl)cc2)cc1)C(=O)O. The summed E-state index contributed by atoms with van der Waals surface area (Å²) in [5.41, 5.74) is 0. The quantitative estimate of drug-likeness (QED) is 0.798. The van der Waals surface area contributed by atoms with E-state index in [1.54, 1.807) is 48.5 Å². The lowest BCUT2D eigenvalue weighted by Gasteiger charge is -2.14. The normalized spacial score (nSPS) is 11.7. The van der Waals surface area contributed by atoms with Gasteiger partial charge in [0.25, 0.3) is 0 Å². The van der Waals surface area contributed by atoms with E-state index in [0.29, 0.717) is 28.7 Å². The number of carboxylic acids is 1. The van der Waals surface area contributed by atoms with Gasteiger partial charge >= 0.3 is 5.97 Å². The van der Waals surface area contributed by atoms with Crippen LogP contribution in [0.3, 0.4) is 0 Å². The zero-order valence-electron chi connectivity index (χ0n) is 12.2. The molecule has 0 aliphatic heterocycles. The highest BCUT2D eigenvalue weighted by Crippen LogP contribution is 2.25. The van der Waals surface area contributed by atoms with Gasteiger partial charge in [0.1, 0.15) is 17.2 Å². The van der Waals surface area contributed by atoms with Crippen LogP contribution in [0.2, 0.25) is 5.02 Å². The van der Waals surface area contributed by atoms with E-state index in [1.165, 1.54) is 0 Å². The van der Waals surface area contributed by atoms with Gasteiger partial charge in [-0.2, -0.15) is 0 Å². The second kappa shape index (κ2) is 7.71. The smallest absolute Gasteiger partial charge is 0.344 e. The van der Waals surface area contributed by atoms with Crippen LogP contribution in [0.4, 0.5) is 0 Å². The number of halogens is 1. The van der Waals surface area contributed by atoms with Gasteiger partial charge in [-0.1, -0.05) is 24.9 Å². The number of rotatable bonds is 7. The molecule has 1 atom stereocenters. The molecule has 2 aromatic rings. The molecule has 0 spiro atoms. The summed E-state index contributed by atoms with van der Waals surface area (Å²) in [4.78, 5) is 11.1. The molecular weight excluding hydrogens is 304 g/mol. The highest BCUT2D eigenvalue weighted by Gasteiger charge is 2.17. The van der Waals surface area contributed by atoms with Crippen molar-refractivity contribution in [2.45, 2.75) is 25.9 Å². The van der Waals surface area contributed by atoms with E-state index >= 15 is 0 Å². The van der Waals surface area contributed by atoms with E-state index in [-0.39, 0.29) is 0 Å². The minimum absolute atomic E-state index is 0.471. The highest BCUT2D eigenvalue weighted by molar-refractivity contribution is 6.30. The lowest BCUT2D eigenvalue weighted by molar-refractivity contribution is -0.145. The third-order valence-electron chi connectivity index (χ3n) is 2.98. The van der Waals surface area contributed by atoms with Gasteiger partial charge in [0, 0.05) is 5.02 Å². The van der Waals surface area contributed by atoms with Gasteiger partial charge in [-0.3, -0.25) is 0 Å². The molecule has 22 heavy (non-hydrogen) atoms. The maximum Gasteiger partial charge on any atom is 0.344 e. The Morgan fingerprint density at radius 2 is 1.55 bits per heavy atom. The third kappa shape index (κ3) is 4.67. The predicted molar refractivity (Wildman–Crippen MR) is 84.9 cm³/mol. The van der Waals surface area contributed by atoms with E-state index in [9.17, 15) is 4.79 Å². The Hall–Kier alpha value is -2.20. The largest absolute Gasteiger partial charge is 0.479 e. The van der Waals surface area contributed by atoms with Crippen LogP contribution < -0.4 is 9.47 Å². The van der Waals surface area contributed by atoms with Gasteiger partial charge < -0.3 is 14.6 Å². The van der Waals surface area contributed by atoms with E-state index in [4.69, 9.17) is 26.2 Å². The summed E-state index contributed by atoms with van der Waals surface area (Å²) in [6.45, 7) is 1.92. The van der Waals surface area contributed by atoms with Crippen molar-refractivity contribution in [2.75, 3.05) is 0 Å². The van der Waals surface area contributed by atoms with Crippen LogP contribution in [0.15, 0.2) is 48.5 Å². The van der Waals surface area contributed by atoms with E-state index in [2.05, 4.69) is 0 Å². The van der Waals surface area contributed by atoms with Crippen LogP contribution in [0.1, 0.15) is 19.8 Å². The summed E-state index contributed by atoms with van der Waals surface area (Å²) in [7, 11) is 0. The summed E-state index contributed by atoms with van der Waals surface area (Å²) in [6.07, 6.45) is 0.389. The first-order valence-corrected chi connectivity index (χ1v) is 7.39. The minimum atomic E-state index is -0.955. The number of ether oxygens (including phenoxy) is 2. The fraction of sp³-hybridized carbons (Fsp3) is 0.235. The molecule has 4 nitrogen and oxygen atoms in total. The molecule has 0 saturated heterocycles.